The van der Waals surface area contributed by atoms with Gasteiger partial charge in [-0.1, -0.05) is 20.3 Å². The summed E-state index contributed by atoms with van der Waals surface area (Å²) in [7, 11) is 0. The number of aliphatic carboxylic acids is 1. The average molecular weight is 346 g/mol. The van der Waals surface area contributed by atoms with Crippen LogP contribution in [0, 0.1) is 5.92 Å². The zero-order chi connectivity index (χ0) is 18.7. The standard InChI is InChI=1S/C15H30N4O5/c1-3-9(2)12(19-13(21)10(17)8-20)14(22)18-11(15(23)24)6-4-5-7-16/h9-12,20H,3-8,16-17H2,1-2H3,(H,18,22)(H,19,21)(H,23,24)/t9-,10-,11-,12-/m0/s1. The van der Waals surface area contributed by atoms with Gasteiger partial charge in [0.05, 0.1) is 6.61 Å². The van der Waals surface area contributed by atoms with Crippen LogP contribution in [0.5, 0.6) is 0 Å². The van der Waals surface area contributed by atoms with Gasteiger partial charge in [0.15, 0.2) is 0 Å². The maximum atomic E-state index is 12.4. The van der Waals surface area contributed by atoms with Gasteiger partial charge in [0, 0.05) is 0 Å². The van der Waals surface area contributed by atoms with Gasteiger partial charge in [-0.15, -0.1) is 0 Å². The summed E-state index contributed by atoms with van der Waals surface area (Å²) in [6, 6.07) is -3.10. The van der Waals surface area contributed by atoms with Gasteiger partial charge in [0.2, 0.25) is 11.8 Å². The molecule has 0 radical (unpaired) electrons. The van der Waals surface area contributed by atoms with Gasteiger partial charge in [0.25, 0.3) is 0 Å². The first-order valence-corrected chi connectivity index (χ1v) is 8.18. The van der Waals surface area contributed by atoms with Crippen molar-refractivity contribution in [2.24, 2.45) is 17.4 Å². The van der Waals surface area contributed by atoms with Gasteiger partial charge in [-0.2, -0.15) is 0 Å². The molecule has 0 aliphatic rings. The van der Waals surface area contributed by atoms with E-state index in [2.05, 4.69) is 10.6 Å². The number of amides is 2. The minimum absolute atomic E-state index is 0.224. The van der Waals surface area contributed by atoms with Crippen LogP contribution in [0.15, 0.2) is 0 Å². The van der Waals surface area contributed by atoms with Gasteiger partial charge in [0.1, 0.15) is 18.1 Å². The molecule has 0 aromatic rings. The number of rotatable bonds is 12. The predicted octanol–water partition coefficient (Wildman–Crippen LogP) is -1.46. The van der Waals surface area contributed by atoms with Crippen molar-refractivity contribution in [2.75, 3.05) is 13.2 Å². The Hall–Kier alpha value is -1.71. The molecule has 0 aliphatic carbocycles. The van der Waals surface area contributed by atoms with E-state index in [1.54, 1.807) is 6.92 Å². The van der Waals surface area contributed by atoms with E-state index in [1.165, 1.54) is 0 Å². The fourth-order valence-electron chi connectivity index (χ4n) is 2.06. The lowest BCUT2D eigenvalue weighted by atomic mass is 9.97. The second kappa shape index (κ2) is 11.8. The number of nitrogens with one attached hydrogen (secondary N) is 2. The number of hydrogen-bond acceptors (Lipinski definition) is 6. The first kappa shape index (κ1) is 22.3. The molecule has 0 rings (SSSR count). The van der Waals surface area contributed by atoms with Gasteiger partial charge in [-0.05, 0) is 31.7 Å². The summed E-state index contributed by atoms with van der Waals surface area (Å²) in [5, 5.41) is 23.1. The van der Waals surface area contributed by atoms with Gasteiger partial charge < -0.3 is 32.3 Å². The molecule has 0 aromatic heterocycles. The monoisotopic (exact) mass is 346 g/mol. The van der Waals surface area contributed by atoms with Crippen LogP contribution < -0.4 is 22.1 Å². The quantitative estimate of drug-likeness (QED) is 0.235. The van der Waals surface area contributed by atoms with Crippen LogP contribution >= 0.6 is 0 Å². The molecule has 24 heavy (non-hydrogen) atoms. The highest BCUT2D eigenvalue weighted by Gasteiger charge is 2.30. The maximum absolute atomic E-state index is 12.4. The fourth-order valence-corrected chi connectivity index (χ4v) is 2.06. The lowest BCUT2D eigenvalue weighted by Gasteiger charge is -2.26. The van der Waals surface area contributed by atoms with Crippen LogP contribution in [0.3, 0.4) is 0 Å². The number of carbonyl (C=O) groups is 3. The van der Waals surface area contributed by atoms with E-state index in [9.17, 15) is 19.5 Å². The van der Waals surface area contributed by atoms with E-state index in [0.29, 0.717) is 25.8 Å². The Morgan fingerprint density at radius 2 is 1.75 bits per heavy atom. The lowest BCUT2D eigenvalue weighted by Crippen LogP contribution is -2.57. The largest absolute Gasteiger partial charge is 0.480 e. The highest BCUT2D eigenvalue weighted by molar-refractivity contribution is 5.91. The van der Waals surface area contributed by atoms with E-state index in [4.69, 9.17) is 16.6 Å². The van der Waals surface area contributed by atoms with Crippen molar-refractivity contribution >= 4 is 17.8 Å². The third kappa shape index (κ3) is 7.71. The zero-order valence-electron chi connectivity index (χ0n) is 14.3. The van der Waals surface area contributed by atoms with Gasteiger partial charge in [-0.25, -0.2) is 4.79 Å². The van der Waals surface area contributed by atoms with E-state index >= 15 is 0 Å². The van der Waals surface area contributed by atoms with Crippen molar-refractivity contribution in [2.45, 2.75) is 57.7 Å². The fraction of sp³-hybridized carbons (Fsp3) is 0.800. The number of unbranched alkanes of at least 4 members (excludes halogenated alkanes) is 1. The molecule has 2 amide bonds. The van der Waals surface area contributed by atoms with Crippen LogP contribution in [-0.4, -0.2) is 59.3 Å². The van der Waals surface area contributed by atoms with Crippen LogP contribution in [0.4, 0.5) is 0 Å². The number of aliphatic hydroxyl groups excluding tert-OH is 1. The van der Waals surface area contributed by atoms with E-state index in [0.717, 1.165) is 0 Å². The molecule has 0 aromatic carbocycles. The summed E-state index contributed by atoms with van der Waals surface area (Å²) in [6.07, 6.45) is 2.09. The second-order valence-corrected chi connectivity index (χ2v) is 5.84. The first-order chi connectivity index (χ1) is 11.3. The molecule has 0 saturated heterocycles. The molecule has 0 bridgehead atoms. The van der Waals surface area contributed by atoms with Crippen molar-refractivity contribution in [3.63, 3.8) is 0 Å². The van der Waals surface area contributed by atoms with Gasteiger partial charge in [-0.3, -0.25) is 9.59 Å². The molecule has 0 fully saturated rings. The zero-order valence-corrected chi connectivity index (χ0v) is 14.3. The van der Waals surface area contributed by atoms with Crippen LogP contribution in [-0.2, 0) is 14.4 Å². The number of aliphatic hydroxyl groups is 1. The smallest absolute Gasteiger partial charge is 0.326 e. The number of hydrogen-bond donors (Lipinski definition) is 6. The Morgan fingerprint density at radius 3 is 2.21 bits per heavy atom. The van der Waals surface area contributed by atoms with Crippen LogP contribution in [0.1, 0.15) is 39.5 Å². The molecule has 0 spiro atoms. The Morgan fingerprint density at radius 1 is 1.12 bits per heavy atom. The third-order valence-electron chi connectivity index (χ3n) is 3.89. The molecule has 9 heteroatoms. The molecule has 9 nitrogen and oxygen atoms in total. The summed E-state index contributed by atoms with van der Waals surface area (Å²) in [6.45, 7) is 3.51. The molecule has 140 valence electrons. The van der Waals surface area contributed by atoms with Crippen molar-refractivity contribution in [3.05, 3.63) is 0 Å². The topological polar surface area (TPSA) is 168 Å². The Bertz CT molecular complexity index is 419. The molecule has 0 saturated carbocycles. The normalized spacial score (nSPS) is 15.9. The highest BCUT2D eigenvalue weighted by Crippen LogP contribution is 2.10. The summed E-state index contributed by atoms with van der Waals surface area (Å²) < 4.78 is 0. The third-order valence-corrected chi connectivity index (χ3v) is 3.89. The lowest BCUT2D eigenvalue weighted by molar-refractivity contribution is -0.142. The maximum Gasteiger partial charge on any atom is 0.326 e. The predicted molar refractivity (Wildman–Crippen MR) is 88.9 cm³/mol. The summed E-state index contributed by atoms with van der Waals surface area (Å²) in [5.41, 5.74) is 10.8. The van der Waals surface area contributed by atoms with Crippen molar-refractivity contribution in [1.29, 1.82) is 0 Å². The Labute approximate surface area is 142 Å². The average Bonchev–Trinajstić information content (AvgIpc) is 2.56. The van der Waals surface area contributed by atoms with Crippen molar-refractivity contribution < 1.29 is 24.6 Å². The van der Waals surface area contributed by atoms with Crippen molar-refractivity contribution in [3.8, 4) is 0 Å². The van der Waals surface area contributed by atoms with Crippen LogP contribution in [0.2, 0.25) is 0 Å². The minimum Gasteiger partial charge on any atom is -0.480 e. The Kier molecular flexibility index (Phi) is 10.9. The minimum atomic E-state index is -1.14. The number of carboxylic acid groups (broad SMARTS) is 1. The molecule has 4 atom stereocenters. The van der Waals surface area contributed by atoms with E-state index in [-0.39, 0.29) is 12.3 Å². The second-order valence-electron chi connectivity index (χ2n) is 5.84. The Balaban J connectivity index is 4.95. The summed E-state index contributed by atoms with van der Waals surface area (Å²) >= 11 is 0. The van der Waals surface area contributed by atoms with Gasteiger partial charge >= 0.3 is 5.97 Å². The molecular formula is C15H30N4O5. The van der Waals surface area contributed by atoms with Crippen molar-refractivity contribution in [1.82, 2.24) is 10.6 Å². The van der Waals surface area contributed by atoms with Crippen LogP contribution in [0.25, 0.3) is 0 Å². The molecule has 8 N–H and O–H groups in total. The molecule has 0 unspecified atom stereocenters. The number of nitrogens with two attached hydrogens (primary N) is 2. The summed E-state index contributed by atoms with van der Waals surface area (Å²) in [5.74, 6) is -2.60. The SMILES string of the molecule is CC[C@H](C)[C@H](NC(=O)[C@@H](N)CO)C(=O)N[C@@H](CCCCN)C(=O)O. The van der Waals surface area contributed by atoms with E-state index < -0.39 is 42.5 Å². The molecular weight excluding hydrogens is 316 g/mol. The molecule has 0 heterocycles. The summed E-state index contributed by atoms with van der Waals surface area (Å²) in [4.78, 5) is 35.5. The molecule has 0 aliphatic heterocycles. The number of carbonyl (C=O) groups excluding carboxylic acids is 2. The van der Waals surface area contributed by atoms with E-state index in [1.807, 2.05) is 6.92 Å². The first-order valence-electron chi connectivity index (χ1n) is 8.18. The highest BCUT2D eigenvalue weighted by atomic mass is 16.4. The number of carboxylic acids is 1.